The van der Waals surface area contributed by atoms with E-state index in [9.17, 15) is 0 Å². The molecular weight excluding hydrogens is 160 g/mol. The molecule has 0 saturated carbocycles. The standard InChI is InChI=1S/C5H8N6O/c1-2-12-10-3-7-11-4(6)8-9-5(10)11/h3H,2H2,1H3,(H2,6,8). The van der Waals surface area contributed by atoms with Gasteiger partial charge in [0.1, 0.15) is 6.61 Å². The Hall–Kier alpha value is -1.79. The fourth-order valence-electron chi connectivity index (χ4n) is 0.912. The minimum absolute atomic E-state index is 0.253. The van der Waals surface area contributed by atoms with Gasteiger partial charge in [0.25, 0.3) is 5.78 Å². The lowest BCUT2D eigenvalue weighted by Gasteiger charge is -1.98. The van der Waals surface area contributed by atoms with Gasteiger partial charge in [-0.05, 0) is 6.92 Å². The van der Waals surface area contributed by atoms with Crippen LogP contribution in [0, 0.1) is 0 Å². The Morgan fingerprint density at radius 3 is 3.17 bits per heavy atom. The Morgan fingerprint density at radius 1 is 1.58 bits per heavy atom. The van der Waals surface area contributed by atoms with Crippen LogP contribution in [0.2, 0.25) is 0 Å². The summed E-state index contributed by atoms with van der Waals surface area (Å²) in [6.07, 6.45) is 1.49. The van der Waals surface area contributed by atoms with Gasteiger partial charge in [0.2, 0.25) is 5.95 Å². The van der Waals surface area contributed by atoms with E-state index >= 15 is 0 Å². The number of nitrogens with two attached hydrogens (primary N) is 1. The summed E-state index contributed by atoms with van der Waals surface area (Å²) in [7, 11) is 0. The second kappa shape index (κ2) is 2.36. The van der Waals surface area contributed by atoms with Crippen molar-refractivity contribution in [2.24, 2.45) is 0 Å². The molecule has 0 aliphatic carbocycles. The minimum Gasteiger partial charge on any atom is -0.410 e. The van der Waals surface area contributed by atoms with Gasteiger partial charge < -0.3 is 10.6 Å². The third kappa shape index (κ3) is 0.792. The van der Waals surface area contributed by atoms with Gasteiger partial charge in [-0.1, -0.05) is 0 Å². The molecule has 0 bridgehead atoms. The minimum atomic E-state index is 0.253. The summed E-state index contributed by atoms with van der Waals surface area (Å²) in [4.78, 5) is 5.15. The Kier molecular flexibility index (Phi) is 1.36. The zero-order valence-electron chi connectivity index (χ0n) is 6.51. The molecule has 7 heteroatoms. The topological polar surface area (TPSA) is 83.3 Å². The van der Waals surface area contributed by atoms with Gasteiger partial charge in [-0.3, -0.25) is 0 Å². The molecule has 0 radical (unpaired) electrons. The third-order valence-corrected chi connectivity index (χ3v) is 1.39. The number of fused-ring (bicyclic) bond motifs is 1. The number of anilines is 1. The maximum absolute atomic E-state index is 5.44. The van der Waals surface area contributed by atoms with Gasteiger partial charge in [-0.15, -0.1) is 20.0 Å². The van der Waals surface area contributed by atoms with Crippen LogP contribution >= 0.6 is 0 Å². The first-order valence-corrected chi connectivity index (χ1v) is 3.50. The van der Waals surface area contributed by atoms with Gasteiger partial charge in [0.15, 0.2) is 6.33 Å². The molecule has 64 valence electrons. The van der Waals surface area contributed by atoms with E-state index in [4.69, 9.17) is 10.6 Å². The van der Waals surface area contributed by atoms with Crippen molar-refractivity contribution in [1.29, 1.82) is 0 Å². The Morgan fingerprint density at radius 2 is 2.42 bits per heavy atom. The van der Waals surface area contributed by atoms with Crippen LogP contribution in [0.3, 0.4) is 0 Å². The van der Waals surface area contributed by atoms with Crippen LogP contribution in [-0.2, 0) is 0 Å². The second-order valence-corrected chi connectivity index (χ2v) is 2.14. The molecule has 2 aromatic heterocycles. The fourth-order valence-corrected chi connectivity index (χ4v) is 0.912. The van der Waals surface area contributed by atoms with Crippen LogP contribution in [0.5, 0.6) is 0 Å². The molecule has 2 N–H and O–H groups in total. The van der Waals surface area contributed by atoms with Crippen LogP contribution < -0.4 is 10.6 Å². The van der Waals surface area contributed by atoms with Crippen molar-refractivity contribution in [3.63, 3.8) is 0 Å². The van der Waals surface area contributed by atoms with Crippen LogP contribution in [0.4, 0.5) is 5.95 Å². The first kappa shape index (κ1) is 6.89. The van der Waals surface area contributed by atoms with E-state index in [1.807, 2.05) is 6.92 Å². The van der Waals surface area contributed by atoms with Crippen LogP contribution in [0.1, 0.15) is 6.92 Å². The largest absolute Gasteiger partial charge is 0.410 e. The van der Waals surface area contributed by atoms with Crippen molar-refractivity contribution < 1.29 is 4.84 Å². The molecule has 2 heterocycles. The van der Waals surface area contributed by atoms with Gasteiger partial charge in [0, 0.05) is 0 Å². The van der Waals surface area contributed by atoms with Crippen molar-refractivity contribution in [2.75, 3.05) is 12.3 Å². The molecule has 0 fully saturated rings. The highest BCUT2D eigenvalue weighted by Crippen LogP contribution is 2.00. The van der Waals surface area contributed by atoms with E-state index < -0.39 is 0 Å². The average molecular weight is 168 g/mol. The quantitative estimate of drug-likeness (QED) is 0.619. The molecule has 0 saturated heterocycles. The van der Waals surface area contributed by atoms with E-state index in [-0.39, 0.29) is 5.95 Å². The van der Waals surface area contributed by atoms with E-state index in [2.05, 4.69) is 15.3 Å². The molecule has 0 spiro atoms. The Bertz CT molecular complexity index is 389. The van der Waals surface area contributed by atoms with Crippen molar-refractivity contribution in [1.82, 2.24) is 24.5 Å². The van der Waals surface area contributed by atoms with Gasteiger partial charge >= 0.3 is 0 Å². The monoisotopic (exact) mass is 168 g/mol. The van der Waals surface area contributed by atoms with Gasteiger partial charge in [0.05, 0.1) is 0 Å². The third-order valence-electron chi connectivity index (χ3n) is 1.39. The van der Waals surface area contributed by atoms with Crippen molar-refractivity contribution in [2.45, 2.75) is 6.92 Å². The lowest BCUT2D eigenvalue weighted by atomic mass is 10.9. The van der Waals surface area contributed by atoms with Crippen LogP contribution in [-0.4, -0.2) is 31.1 Å². The van der Waals surface area contributed by atoms with E-state index in [1.54, 1.807) is 0 Å². The zero-order chi connectivity index (χ0) is 8.55. The predicted molar refractivity (Wildman–Crippen MR) is 40.3 cm³/mol. The van der Waals surface area contributed by atoms with Crippen LogP contribution in [0.15, 0.2) is 6.33 Å². The summed E-state index contributed by atoms with van der Waals surface area (Å²) >= 11 is 0. The predicted octanol–water partition coefficient (Wildman–Crippen LogP) is -1.04. The maximum Gasteiger partial charge on any atom is 0.288 e. The number of aromatic nitrogens is 5. The number of nitrogens with zero attached hydrogens (tertiary/aromatic N) is 5. The lowest BCUT2D eigenvalue weighted by molar-refractivity contribution is 0.129. The first-order valence-electron chi connectivity index (χ1n) is 3.50. The summed E-state index contributed by atoms with van der Waals surface area (Å²) in [6.45, 7) is 2.41. The molecule has 0 atom stereocenters. The molecular formula is C5H8N6O. The summed E-state index contributed by atoms with van der Waals surface area (Å²) < 4.78 is 2.82. The SMILES string of the molecule is CCOn1cnn2c(N)nnc12. The highest BCUT2D eigenvalue weighted by molar-refractivity contribution is 5.33. The number of hydrogen-bond donors (Lipinski definition) is 1. The summed E-state index contributed by atoms with van der Waals surface area (Å²) in [6, 6.07) is 0. The highest BCUT2D eigenvalue weighted by Gasteiger charge is 2.07. The van der Waals surface area contributed by atoms with E-state index in [0.29, 0.717) is 12.4 Å². The van der Waals surface area contributed by atoms with Crippen molar-refractivity contribution in [3.05, 3.63) is 6.33 Å². The average Bonchev–Trinajstić information content (AvgIpc) is 2.58. The number of rotatable bonds is 2. The first-order chi connectivity index (χ1) is 5.83. The number of nitrogen functional groups attached to an aromatic ring is 1. The molecule has 2 aromatic rings. The lowest BCUT2D eigenvalue weighted by Crippen LogP contribution is -2.09. The summed E-state index contributed by atoms with van der Waals surface area (Å²) in [5, 5.41) is 11.3. The molecule has 2 rings (SSSR count). The molecule has 12 heavy (non-hydrogen) atoms. The molecule has 0 amide bonds. The van der Waals surface area contributed by atoms with E-state index in [1.165, 1.54) is 15.6 Å². The molecule has 7 nitrogen and oxygen atoms in total. The second-order valence-electron chi connectivity index (χ2n) is 2.14. The summed E-state index contributed by atoms with van der Waals surface area (Å²) in [5.74, 6) is 0.734. The van der Waals surface area contributed by atoms with Gasteiger partial charge in [-0.25, -0.2) is 0 Å². The number of hydrogen-bond acceptors (Lipinski definition) is 5. The Balaban J connectivity index is 2.55. The Labute approximate surface area is 67.7 Å². The smallest absolute Gasteiger partial charge is 0.288 e. The van der Waals surface area contributed by atoms with Gasteiger partial charge in [-0.2, -0.15) is 4.52 Å². The highest BCUT2D eigenvalue weighted by atomic mass is 16.7. The zero-order valence-corrected chi connectivity index (χ0v) is 6.51. The summed E-state index contributed by atoms with van der Waals surface area (Å²) in [5.41, 5.74) is 5.44. The molecule has 0 aliphatic rings. The van der Waals surface area contributed by atoms with Crippen molar-refractivity contribution in [3.8, 4) is 0 Å². The van der Waals surface area contributed by atoms with Crippen molar-refractivity contribution >= 4 is 11.7 Å². The van der Waals surface area contributed by atoms with E-state index in [0.717, 1.165) is 0 Å². The maximum atomic E-state index is 5.44. The fraction of sp³-hybridized carbons (Fsp3) is 0.400. The molecule has 0 aliphatic heterocycles. The molecule has 0 aromatic carbocycles. The normalized spacial score (nSPS) is 10.8. The molecule has 0 unspecified atom stereocenters. The van der Waals surface area contributed by atoms with Crippen LogP contribution in [0.25, 0.3) is 5.78 Å².